The average molecular weight is 725 g/mol. The van der Waals surface area contributed by atoms with Gasteiger partial charge in [0.2, 0.25) is 11.8 Å². The number of fused-ring (bicyclic) bond motifs is 3. The molecule has 1 aliphatic heterocycles. The van der Waals surface area contributed by atoms with Crippen LogP contribution in [0.15, 0.2) is 36.4 Å². The summed E-state index contributed by atoms with van der Waals surface area (Å²) in [5, 5.41) is 8.91. The molecule has 2 aromatic carbocycles. The van der Waals surface area contributed by atoms with Crippen molar-refractivity contribution in [2.45, 2.75) is 64.2 Å². The van der Waals surface area contributed by atoms with Gasteiger partial charge < -0.3 is 34.9 Å². The van der Waals surface area contributed by atoms with Crippen LogP contribution in [-0.2, 0) is 43.0 Å². The van der Waals surface area contributed by atoms with E-state index in [1.54, 1.807) is 31.4 Å². The Bertz CT molecular complexity index is 1560. The molecule has 0 bridgehead atoms. The van der Waals surface area contributed by atoms with Crippen LogP contribution in [0, 0.1) is 0 Å². The summed E-state index contributed by atoms with van der Waals surface area (Å²) in [6.07, 6.45) is 2.10. The number of benzene rings is 2. The van der Waals surface area contributed by atoms with Crippen LogP contribution in [0.1, 0.15) is 85.7 Å². The number of hydrogen-bond acceptors (Lipinski definition) is 11. The number of amides is 5. The molecule has 1 saturated heterocycles. The molecule has 1 aliphatic carbocycles. The van der Waals surface area contributed by atoms with Gasteiger partial charge in [0.15, 0.2) is 0 Å². The fourth-order valence-electron chi connectivity index (χ4n) is 5.75. The maximum absolute atomic E-state index is 13.0. The van der Waals surface area contributed by atoms with Crippen LogP contribution in [0.3, 0.4) is 0 Å². The molecule has 15 nitrogen and oxygen atoms in total. The highest BCUT2D eigenvalue weighted by molar-refractivity contribution is 6.01. The number of unbranched alkanes of at least 4 members (excludes halogenated alkanes) is 1. The Morgan fingerprint density at radius 3 is 2.13 bits per heavy atom. The third kappa shape index (κ3) is 11.9. The van der Waals surface area contributed by atoms with Gasteiger partial charge in [0.1, 0.15) is 6.61 Å². The summed E-state index contributed by atoms with van der Waals surface area (Å²) in [5.74, 6) is -2.59. The second-order valence-electron chi connectivity index (χ2n) is 12.3. The van der Waals surface area contributed by atoms with E-state index in [4.69, 9.17) is 23.8 Å². The maximum Gasteiger partial charge on any atom is 0.533 e. The first-order valence-electron chi connectivity index (χ1n) is 17.7. The van der Waals surface area contributed by atoms with E-state index >= 15 is 0 Å². The van der Waals surface area contributed by atoms with E-state index < -0.39 is 23.9 Å². The van der Waals surface area contributed by atoms with Gasteiger partial charge in [-0.2, -0.15) is 0 Å². The number of anilines is 1. The number of nitrogens with one attached hydrogen (secondary N) is 3. The molecule has 1 fully saturated rings. The van der Waals surface area contributed by atoms with Crippen LogP contribution in [0.2, 0.25) is 0 Å². The number of nitrogens with zero attached hydrogens (tertiary/aromatic N) is 1. The van der Waals surface area contributed by atoms with Crippen LogP contribution in [0.4, 0.5) is 10.5 Å². The van der Waals surface area contributed by atoms with E-state index in [0.29, 0.717) is 74.4 Å². The summed E-state index contributed by atoms with van der Waals surface area (Å²) in [6.45, 7) is 5.10. The Morgan fingerprint density at radius 1 is 0.769 bits per heavy atom. The molecule has 3 N–H and O–H groups in total. The molecule has 0 radical (unpaired) electrons. The Balaban J connectivity index is 1.39. The molecule has 1 atom stereocenters. The largest absolute Gasteiger partial charge is 0.533 e. The van der Waals surface area contributed by atoms with Crippen LogP contribution in [0.5, 0.6) is 0 Å². The Labute approximate surface area is 303 Å². The van der Waals surface area contributed by atoms with E-state index in [1.165, 1.54) is 0 Å². The third-order valence-electron chi connectivity index (χ3n) is 8.42. The number of hydrogen-bond donors (Lipinski definition) is 3. The van der Waals surface area contributed by atoms with Gasteiger partial charge in [-0.15, -0.1) is 0 Å². The highest BCUT2D eigenvalue weighted by Gasteiger charge is 2.35. The van der Waals surface area contributed by atoms with Gasteiger partial charge in [-0.3, -0.25) is 28.8 Å². The van der Waals surface area contributed by atoms with E-state index in [2.05, 4.69) is 22.9 Å². The minimum absolute atomic E-state index is 0.0589. The van der Waals surface area contributed by atoms with E-state index in [-0.39, 0.29) is 50.0 Å². The lowest BCUT2D eigenvalue weighted by molar-refractivity contribution is -0.177. The molecule has 4 rings (SSSR count). The smallest absolute Gasteiger partial charge is 0.432 e. The van der Waals surface area contributed by atoms with Gasteiger partial charge >= 0.3 is 6.16 Å². The molecule has 52 heavy (non-hydrogen) atoms. The molecule has 15 heteroatoms. The van der Waals surface area contributed by atoms with Gasteiger partial charge in [-0.1, -0.05) is 30.5 Å². The fraction of sp³-hybridized carbons (Fsp3) is 0.514. The Kier molecular flexibility index (Phi) is 16.0. The second kappa shape index (κ2) is 20.9. The SMILES string of the molecule is CCCCOCCNC(=O)CCCC(=O)Nc1ccc2c(c1)C(COC(=O)ON1C(=O)CCC1=O)c1cc(C(=O)NCCOCCCOC)ccc1-2. The van der Waals surface area contributed by atoms with Crippen LogP contribution in [-0.4, -0.2) is 101 Å². The number of methoxy groups -OCH3 is 1. The predicted molar refractivity (Wildman–Crippen MR) is 188 cm³/mol. The van der Waals surface area contributed by atoms with Crippen molar-refractivity contribution < 1.29 is 52.6 Å². The average Bonchev–Trinajstić information content (AvgIpc) is 3.61. The number of hydroxylamine groups is 2. The van der Waals surface area contributed by atoms with Gasteiger partial charge in [0.25, 0.3) is 17.7 Å². The molecule has 1 unspecified atom stereocenters. The van der Waals surface area contributed by atoms with Crippen molar-refractivity contribution in [3.8, 4) is 11.1 Å². The van der Waals surface area contributed by atoms with E-state index in [1.807, 2.05) is 12.1 Å². The molecule has 2 aromatic rings. The van der Waals surface area contributed by atoms with Crippen molar-refractivity contribution >= 4 is 41.4 Å². The third-order valence-corrected chi connectivity index (χ3v) is 8.42. The normalized spacial score (nSPS) is 14.5. The lowest BCUT2D eigenvalue weighted by Gasteiger charge is -2.17. The summed E-state index contributed by atoms with van der Waals surface area (Å²) in [6, 6.07) is 10.6. The standard InChI is InChI=1S/C37H48N4O11/c1-3-4-18-49-20-15-38-32(42)7-5-8-33(43)40-26-10-12-28-27-11-9-25(36(46)39-16-21-50-19-6-17-48-2)22-29(27)31(30(28)23-26)24-51-37(47)52-41-34(44)13-14-35(41)45/h9-12,22-23,31H,3-8,13-21,24H2,1-2H3,(H,38,42)(H,39,46)(H,40,43). The Morgan fingerprint density at radius 2 is 1.42 bits per heavy atom. The van der Waals surface area contributed by atoms with Crippen LogP contribution >= 0.6 is 0 Å². The topological polar surface area (TPSA) is 188 Å². The van der Waals surface area contributed by atoms with Crippen molar-refractivity contribution in [2.75, 3.05) is 65.2 Å². The van der Waals surface area contributed by atoms with Crippen LogP contribution in [0.25, 0.3) is 11.1 Å². The number of rotatable bonds is 22. The Hall–Kier alpha value is -4.86. The minimum Gasteiger partial charge on any atom is -0.432 e. The zero-order valence-electron chi connectivity index (χ0n) is 29.8. The van der Waals surface area contributed by atoms with Crippen molar-refractivity contribution in [3.05, 3.63) is 53.1 Å². The summed E-state index contributed by atoms with van der Waals surface area (Å²) >= 11 is 0. The minimum atomic E-state index is -1.23. The maximum atomic E-state index is 13.0. The van der Waals surface area contributed by atoms with Gasteiger partial charge in [-0.05, 0) is 65.8 Å². The lowest BCUT2D eigenvalue weighted by Crippen LogP contribution is -2.32. The summed E-state index contributed by atoms with van der Waals surface area (Å²) in [5.41, 5.74) is 3.91. The van der Waals surface area contributed by atoms with Crippen molar-refractivity contribution in [1.29, 1.82) is 0 Å². The molecule has 0 spiro atoms. The first-order valence-corrected chi connectivity index (χ1v) is 17.7. The zero-order chi connectivity index (χ0) is 37.3. The molecule has 1 heterocycles. The number of carbonyl (C=O) groups is 6. The monoisotopic (exact) mass is 724 g/mol. The first kappa shape index (κ1) is 39.9. The van der Waals surface area contributed by atoms with Gasteiger partial charge in [0.05, 0.1) is 13.2 Å². The highest BCUT2D eigenvalue weighted by Crippen LogP contribution is 2.46. The lowest BCUT2D eigenvalue weighted by atomic mass is 9.96. The number of ether oxygens (including phenoxy) is 4. The van der Waals surface area contributed by atoms with Crippen LogP contribution < -0.4 is 16.0 Å². The molecule has 0 saturated carbocycles. The first-order chi connectivity index (χ1) is 25.2. The van der Waals surface area contributed by atoms with Gasteiger partial charge in [0, 0.05) is 82.9 Å². The van der Waals surface area contributed by atoms with E-state index in [0.717, 1.165) is 36.0 Å². The van der Waals surface area contributed by atoms with Crippen molar-refractivity contribution in [2.24, 2.45) is 0 Å². The molecule has 282 valence electrons. The quantitative estimate of drug-likeness (QED) is 0.0910. The van der Waals surface area contributed by atoms with Crippen molar-refractivity contribution in [3.63, 3.8) is 0 Å². The fourth-order valence-corrected chi connectivity index (χ4v) is 5.75. The summed E-state index contributed by atoms with van der Waals surface area (Å²) < 4.78 is 21.4. The van der Waals surface area contributed by atoms with Gasteiger partial charge in [-0.25, -0.2) is 4.79 Å². The summed E-state index contributed by atoms with van der Waals surface area (Å²) in [7, 11) is 1.62. The summed E-state index contributed by atoms with van der Waals surface area (Å²) in [4.78, 5) is 79.3. The molecule has 5 amide bonds. The zero-order valence-corrected chi connectivity index (χ0v) is 29.8. The highest BCUT2D eigenvalue weighted by atomic mass is 16.8. The molecule has 2 aliphatic rings. The molecule has 0 aromatic heterocycles. The predicted octanol–water partition coefficient (Wildman–Crippen LogP) is 3.84. The molecular weight excluding hydrogens is 676 g/mol. The second-order valence-corrected chi connectivity index (χ2v) is 12.3. The van der Waals surface area contributed by atoms with E-state index in [9.17, 15) is 28.8 Å². The van der Waals surface area contributed by atoms with Crippen molar-refractivity contribution in [1.82, 2.24) is 15.7 Å². The number of carbonyl (C=O) groups excluding carboxylic acids is 6. The number of imide groups is 1. The molecular formula is C37H48N4O11.